The molecule has 3 nitrogen and oxygen atoms in total. The highest BCUT2D eigenvalue weighted by Gasteiger charge is 2.05. The predicted octanol–water partition coefficient (Wildman–Crippen LogP) is 3.47. The van der Waals surface area contributed by atoms with Gasteiger partial charge in [0.05, 0.1) is 12.8 Å². The van der Waals surface area contributed by atoms with Gasteiger partial charge in [0, 0.05) is 11.6 Å². The van der Waals surface area contributed by atoms with Gasteiger partial charge in [-0.25, -0.2) is 4.98 Å². The third kappa shape index (κ3) is 3.92. The van der Waals surface area contributed by atoms with Gasteiger partial charge < -0.3 is 4.74 Å². The van der Waals surface area contributed by atoms with Gasteiger partial charge in [0.1, 0.15) is 0 Å². The summed E-state index contributed by atoms with van der Waals surface area (Å²) in [5.41, 5.74) is 2.83. The maximum Gasteiger partial charge on any atom is 0.213 e. The number of ether oxygens (including phenoxy) is 1. The molecule has 0 aliphatic heterocycles. The number of nitrogens with zero attached hydrogens (tertiary/aromatic N) is 1. The van der Waals surface area contributed by atoms with E-state index in [-0.39, 0.29) is 0 Å². The zero-order chi connectivity index (χ0) is 14.2. The molecule has 0 atom stereocenters. The van der Waals surface area contributed by atoms with E-state index >= 15 is 0 Å². The number of carbonyl (C=O) groups is 1. The number of rotatable bonds is 7. The second kappa shape index (κ2) is 7.43. The first kappa shape index (κ1) is 14.3. The van der Waals surface area contributed by atoms with Gasteiger partial charge in [0.15, 0.2) is 6.29 Å². The fourth-order valence-electron chi connectivity index (χ4n) is 2.18. The zero-order valence-electron chi connectivity index (χ0n) is 11.7. The Labute approximate surface area is 119 Å². The number of aldehydes is 1. The number of benzene rings is 1. The average molecular weight is 269 g/mol. The molecule has 0 saturated carbocycles. The Kier molecular flexibility index (Phi) is 5.30. The van der Waals surface area contributed by atoms with Crippen LogP contribution >= 0.6 is 0 Å². The number of pyridine rings is 1. The lowest BCUT2D eigenvalue weighted by atomic mass is 10.0. The summed E-state index contributed by atoms with van der Waals surface area (Å²) in [6.07, 6.45) is 4.81. The van der Waals surface area contributed by atoms with Crippen LogP contribution in [0.4, 0.5) is 0 Å². The van der Waals surface area contributed by atoms with Crippen molar-refractivity contribution in [1.29, 1.82) is 0 Å². The van der Waals surface area contributed by atoms with Crippen LogP contribution in [0.5, 0.6) is 5.88 Å². The Balaban J connectivity index is 1.88. The molecule has 104 valence electrons. The van der Waals surface area contributed by atoms with Crippen molar-refractivity contribution in [1.82, 2.24) is 4.98 Å². The van der Waals surface area contributed by atoms with Crippen molar-refractivity contribution in [2.24, 2.45) is 0 Å². The number of aryl methyl sites for hydroxylation is 2. The van der Waals surface area contributed by atoms with Crippen molar-refractivity contribution >= 4 is 6.29 Å². The molecule has 0 fully saturated rings. The molecule has 1 aromatic carbocycles. The normalized spacial score (nSPS) is 10.2. The van der Waals surface area contributed by atoms with E-state index in [1.807, 2.05) is 6.07 Å². The van der Waals surface area contributed by atoms with Crippen molar-refractivity contribution in [2.45, 2.75) is 25.7 Å². The molecule has 1 aromatic heterocycles. The third-order valence-electron chi connectivity index (χ3n) is 3.29. The molecule has 0 N–H and O–H groups in total. The Bertz CT molecular complexity index is 552. The largest absolute Gasteiger partial charge is 0.481 e. The topological polar surface area (TPSA) is 39.2 Å². The third-order valence-corrected chi connectivity index (χ3v) is 3.29. The van der Waals surface area contributed by atoms with Crippen molar-refractivity contribution < 1.29 is 9.53 Å². The summed E-state index contributed by atoms with van der Waals surface area (Å²) in [4.78, 5) is 15.4. The number of hydrogen-bond acceptors (Lipinski definition) is 3. The second-order valence-electron chi connectivity index (χ2n) is 4.70. The highest BCUT2D eigenvalue weighted by atomic mass is 16.5. The first-order valence-corrected chi connectivity index (χ1v) is 6.86. The van der Waals surface area contributed by atoms with Crippen molar-refractivity contribution in [3.8, 4) is 5.88 Å². The van der Waals surface area contributed by atoms with E-state index in [1.165, 1.54) is 5.56 Å². The molecule has 0 radical (unpaired) electrons. The molecular weight excluding hydrogens is 250 g/mol. The monoisotopic (exact) mass is 269 g/mol. The summed E-state index contributed by atoms with van der Waals surface area (Å²) < 4.78 is 5.10. The lowest BCUT2D eigenvalue weighted by Crippen LogP contribution is -2.00. The van der Waals surface area contributed by atoms with Gasteiger partial charge in [-0.2, -0.15) is 0 Å². The number of methoxy groups -OCH3 is 1. The maximum atomic E-state index is 11.0. The van der Waals surface area contributed by atoms with Crippen molar-refractivity contribution in [3.05, 3.63) is 59.3 Å². The maximum absolute atomic E-state index is 11.0. The summed E-state index contributed by atoms with van der Waals surface area (Å²) in [6.45, 7) is 0. The lowest BCUT2D eigenvalue weighted by molar-refractivity contribution is 0.112. The van der Waals surface area contributed by atoms with Crippen LogP contribution in [-0.2, 0) is 12.8 Å². The minimum atomic E-state index is 0.564. The first-order chi connectivity index (χ1) is 9.83. The van der Waals surface area contributed by atoms with Crippen LogP contribution in [0.3, 0.4) is 0 Å². The highest BCUT2D eigenvalue weighted by molar-refractivity contribution is 5.76. The van der Waals surface area contributed by atoms with Crippen LogP contribution in [-0.4, -0.2) is 18.4 Å². The van der Waals surface area contributed by atoms with Gasteiger partial charge in [-0.3, -0.25) is 4.79 Å². The summed E-state index contributed by atoms with van der Waals surface area (Å²) in [7, 11) is 1.59. The molecule has 0 aliphatic carbocycles. The molecule has 20 heavy (non-hydrogen) atoms. The molecule has 0 aliphatic rings. The van der Waals surface area contributed by atoms with E-state index in [4.69, 9.17) is 4.74 Å². The van der Waals surface area contributed by atoms with E-state index in [9.17, 15) is 4.79 Å². The number of aromatic nitrogens is 1. The zero-order valence-corrected chi connectivity index (χ0v) is 11.7. The molecular formula is C17H19NO2. The Morgan fingerprint density at radius 1 is 1.05 bits per heavy atom. The van der Waals surface area contributed by atoms with Crippen LogP contribution in [0, 0.1) is 0 Å². The number of hydrogen-bond donors (Lipinski definition) is 0. The minimum Gasteiger partial charge on any atom is -0.481 e. The van der Waals surface area contributed by atoms with Crippen LogP contribution in [0.2, 0.25) is 0 Å². The molecule has 0 spiro atoms. The standard InChI is InChI=1S/C17H19NO2/c1-20-17-12-11-15(13-19)16(18-17)10-6-5-9-14-7-3-2-4-8-14/h2-4,7-8,11-13H,5-6,9-10H2,1H3. The molecule has 2 aromatic rings. The molecule has 1 heterocycles. The van der Waals surface area contributed by atoms with E-state index in [2.05, 4.69) is 29.2 Å². The van der Waals surface area contributed by atoms with E-state index in [0.717, 1.165) is 37.7 Å². The number of carbonyl (C=O) groups excluding carboxylic acids is 1. The van der Waals surface area contributed by atoms with Crippen LogP contribution in [0.25, 0.3) is 0 Å². The minimum absolute atomic E-state index is 0.564. The smallest absolute Gasteiger partial charge is 0.213 e. The summed E-state index contributed by atoms with van der Waals surface area (Å²) in [5.74, 6) is 0.564. The van der Waals surface area contributed by atoms with E-state index in [0.29, 0.717) is 11.4 Å². The van der Waals surface area contributed by atoms with Gasteiger partial charge >= 0.3 is 0 Å². The van der Waals surface area contributed by atoms with Gasteiger partial charge in [-0.15, -0.1) is 0 Å². The molecule has 0 saturated heterocycles. The first-order valence-electron chi connectivity index (χ1n) is 6.86. The molecule has 0 amide bonds. The van der Waals surface area contributed by atoms with E-state index < -0.39 is 0 Å². The fourth-order valence-corrected chi connectivity index (χ4v) is 2.18. The van der Waals surface area contributed by atoms with Crippen LogP contribution in [0.15, 0.2) is 42.5 Å². The van der Waals surface area contributed by atoms with Gasteiger partial charge in [-0.1, -0.05) is 30.3 Å². The summed E-state index contributed by atoms with van der Waals surface area (Å²) in [5, 5.41) is 0. The Morgan fingerprint density at radius 2 is 1.80 bits per heavy atom. The van der Waals surface area contributed by atoms with Crippen molar-refractivity contribution in [2.75, 3.05) is 7.11 Å². The fraction of sp³-hybridized carbons (Fsp3) is 0.294. The summed E-state index contributed by atoms with van der Waals surface area (Å²) >= 11 is 0. The summed E-state index contributed by atoms with van der Waals surface area (Å²) in [6, 6.07) is 13.9. The molecule has 3 heteroatoms. The van der Waals surface area contributed by atoms with E-state index in [1.54, 1.807) is 19.2 Å². The Hall–Kier alpha value is -2.16. The molecule has 0 bridgehead atoms. The van der Waals surface area contributed by atoms with Gasteiger partial charge in [0.25, 0.3) is 0 Å². The van der Waals surface area contributed by atoms with Gasteiger partial charge in [-0.05, 0) is 37.3 Å². The molecule has 0 unspecified atom stereocenters. The number of unbranched alkanes of at least 4 members (excludes halogenated alkanes) is 1. The van der Waals surface area contributed by atoms with Crippen LogP contribution in [0.1, 0.15) is 34.5 Å². The SMILES string of the molecule is COc1ccc(C=O)c(CCCCc2ccccc2)n1. The highest BCUT2D eigenvalue weighted by Crippen LogP contribution is 2.14. The average Bonchev–Trinajstić information content (AvgIpc) is 2.52. The second-order valence-corrected chi connectivity index (χ2v) is 4.70. The van der Waals surface area contributed by atoms with Gasteiger partial charge in [0.2, 0.25) is 5.88 Å². The van der Waals surface area contributed by atoms with Crippen molar-refractivity contribution in [3.63, 3.8) is 0 Å². The Morgan fingerprint density at radius 3 is 2.50 bits per heavy atom. The quantitative estimate of drug-likeness (QED) is 0.570. The van der Waals surface area contributed by atoms with Crippen LogP contribution < -0.4 is 4.74 Å². The molecule has 2 rings (SSSR count). The lowest BCUT2D eigenvalue weighted by Gasteiger charge is -2.06. The predicted molar refractivity (Wildman–Crippen MR) is 79.3 cm³/mol.